The van der Waals surface area contributed by atoms with E-state index in [1.807, 2.05) is 22.6 Å². The second-order valence-electron chi connectivity index (χ2n) is 5.60. The third kappa shape index (κ3) is 4.05. The number of hydrogen-bond donors (Lipinski definition) is 1. The summed E-state index contributed by atoms with van der Waals surface area (Å²) < 4.78 is 2.00. The fraction of sp³-hybridized carbons (Fsp3) is 0.235. The molecule has 3 rings (SSSR count). The van der Waals surface area contributed by atoms with Crippen molar-refractivity contribution in [3.63, 3.8) is 0 Å². The number of halogens is 2. The lowest BCUT2D eigenvalue weighted by Gasteiger charge is -2.15. The van der Waals surface area contributed by atoms with Crippen molar-refractivity contribution in [3.8, 4) is 12.3 Å². The lowest BCUT2D eigenvalue weighted by molar-refractivity contribution is 0.352. The highest BCUT2D eigenvalue weighted by molar-refractivity contribution is 7.99. The van der Waals surface area contributed by atoms with Crippen molar-refractivity contribution in [1.82, 2.24) is 24.4 Å². The molecule has 9 heteroatoms. The van der Waals surface area contributed by atoms with Crippen LogP contribution < -0.4 is 5.73 Å². The van der Waals surface area contributed by atoms with Crippen molar-refractivity contribution in [2.75, 3.05) is 25.9 Å². The Morgan fingerprint density at radius 3 is 2.88 bits per heavy atom. The molecule has 134 valence electrons. The normalized spacial score (nSPS) is 11.2. The van der Waals surface area contributed by atoms with Crippen LogP contribution in [0.5, 0.6) is 0 Å². The van der Waals surface area contributed by atoms with Gasteiger partial charge in [0.1, 0.15) is 6.33 Å². The Bertz CT molecular complexity index is 981. The monoisotopic (exact) mass is 406 g/mol. The summed E-state index contributed by atoms with van der Waals surface area (Å²) in [6.45, 7) is 1.95. The molecule has 6 nitrogen and oxygen atoms in total. The first-order chi connectivity index (χ1) is 12.5. The van der Waals surface area contributed by atoms with E-state index in [4.69, 9.17) is 35.4 Å². The summed E-state index contributed by atoms with van der Waals surface area (Å²) in [4.78, 5) is 15.9. The molecule has 2 aromatic heterocycles. The molecule has 0 aliphatic rings. The maximum atomic E-state index is 6.31. The minimum Gasteiger partial charge on any atom is -0.382 e. The van der Waals surface area contributed by atoms with Gasteiger partial charge in [-0.3, -0.25) is 4.90 Å². The Balaban J connectivity index is 1.98. The molecule has 0 saturated carbocycles. The number of hydrogen-bond acceptors (Lipinski definition) is 6. The SMILES string of the molecule is C#CCN(C)CCn1c(Sc2ccc(Cl)cc2Cl)nc2c(N)ncnc21. The van der Waals surface area contributed by atoms with Crippen LogP contribution in [0.1, 0.15) is 0 Å². The molecule has 2 heterocycles. The lowest BCUT2D eigenvalue weighted by atomic mass is 10.4. The van der Waals surface area contributed by atoms with Crippen LogP contribution in [0.3, 0.4) is 0 Å². The highest BCUT2D eigenvalue weighted by atomic mass is 35.5. The second-order valence-corrected chi connectivity index (χ2v) is 7.45. The van der Waals surface area contributed by atoms with Crippen LogP contribution in [0, 0.1) is 12.3 Å². The van der Waals surface area contributed by atoms with Crippen molar-refractivity contribution < 1.29 is 0 Å². The molecule has 0 unspecified atom stereocenters. The molecule has 3 aromatic rings. The van der Waals surface area contributed by atoms with Gasteiger partial charge in [-0.15, -0.1) is 6.42 Å². The zero-order valence-corrected chi connectivity index (χ0v) is 16.3. The van der Waals surface area contributed by atoms with Gasteiger partial charge in [-0.25, -0.2) is 15.0 Å². The van der Waals surface area contributed by atoms with E-state index in [0.29, 0.717) is 40.1 Å². The Kier molecular flexibility index (Phi) is 5.89. The average molecular weight is 407 g/mol. The van der Waals surface area contributed by atoms with Gasteiger partial charge in [0.25, 0.3) is 0 Å². The van der Waals surface area contributed by atoms with Gasteiger partial charge in [0.15, 0.2) is 22.1 Å². The lowest BCUT2D eigenvalue weighted by Crippen LogP contribution is -2.23. The highest BCUT2D eigenvalue weighted by Gasteiger charge is 2.17. The Morgan fingerprint density at radius 2 is 2.15 bits per heavy atom. The fourth-order valence-electron chi connectivity index (χ4n) is 2.38. The standard InChI is InChI=1S/C17H16Cl2N6S/c1-3-6-24(2)7-8-25-16-14(15(20)21-10-22-16)23-17(25)26-13-5-4-11(18)9-12(13)19/h1,4-5,9-10H,6-8H2,2H3,(H2,20,21,22). The number of imidazole rings is 1. The molecule has 0 amide bonds. The van der Waals surface area contributed by atoms with Crippen LogP contribution in [0.4, 0.5) is 5.82 Å². The smallest absolute Gasteiger partial charge is 0.175 e. The van der Waals surface area contributed by atoms with Gasteiger partial charge in [-0.05, 0) is 25.2 Å². The molecular formula is C17H16Cl2N6S. The number of nitrogen functional groups attached to an aromatic ring is 1. The van der Waals surface area contributed by atoms with Crippen LogP contribution >= 0.6 is 35.0 Å². The van der Waals surface area contributed by atoms with Crippen molar-refractivity contribution in [2.45, 2.75) is 16.6 Å². The number of nitrogens with zero attached hydrogens (tertiary/aromatic N) is 5. The second kappa shape index (κ2) is 8.14. The highest BCUT2D eigenvalue weighted by Crippen LogP contribution is 2.36. The van der Waals surface area contributed by atoms with Gasteiger partial charge in [-0.1, -0.05) is 40.9 Å². The molecule has 0 aliphatic carbocycles. The van der Waals surface area contributed by atoms with Crippen LogP contribution in [0.15, 0.2) is 34.6 Å². The fourth-order valence-corrected chi connectivity index (χ4v) is 3.81. The molecule has 1 aromatic carbocycles. The largest absolute Gasteiger partial charge is 0.382 e. The van der Waals surface area contributed by atoms with Crippen LogP contribution in [-0.4, -0.2) is 44.6 Å². The summed E-state index contributed by atoms with van der Waals surface area (Å²) in [6, 6.07) is 5.35. The number of rotatable bonds is 6. The predicted octanol–water partition coefficient (Wildman–Crippen LogP) is 3.43. The number of anilines is 1. The van der Waals surface area contributed by atoms with Crippen LogP contribution in [0.25, 0.3) is 11.2 Å². The van der Waals surface area contributed by atoms with E-state index in [1.54, 1.807) is 12.1 Å². The maximum absolute atomic E-state index is 6.31. The number of likely N-dealkylation sites (N-methyl/N-ethyl adjacent to an activating group) is 1. The quantitative estimate of drug-likeness (QED) is 0.632. The molecule has 0 saturated heterocycles. The van der Waals surface area contributed by atoms with E-state index in [2.05, 4.69) is 20.9 Å². The van der Waals surface area contributed by atoms with Gasteiger partial charge < -0.3 is 10.3 Å². The Morgan fingerprint density at radius 1 is 1.35 bits per heavy atom. The number of fused-ring (bicyclic) bond motifs is 1. The molecule has 0 aliphatic heterocycles. The van der Waals surface area contributed by atoms with E-state index in [9.17, 15) is 0 Å². The van der Waals surface area contributed by atoms with E-state index >= 15 is 0 Å². The van der Waals surface area contributed by atoms with E-state index < -0.39 is 0 Å². The summed E-state index contributed by atoms with van der Waals surface area (Å²) in [6.07, 6.45) is 6.81. The summed E-state index contributed by atoms with van der Waals surface area (Å²) in [5, 5.41) is 1.87. The summed E-state index contributed by atoms with van der Waals surface area (Å²) in [5.41, 5.74) is 7.22. The van der Waals surface area contributed by atoms with Crippen LogP contribution in [0.2, 0.25) is 10.0 Å². The Hall–Kier alpha value is -1.98. The Labute approximate surface area is 165 Å². The average Bonchev–Trinajstić information content (AvgIpc) is 2.95. The third-order valence-corrected chi connectivity index (χ3v) is 5.42. The summed E-state index contributed by atoms with van der Waals surface area (Å²) in [5.74, 6) is 2.97. The molecule has 26 heavy (non-hydrogen) atoms. The first kappa shape index (κ1) is 18.8. The van der Waals surface area contributed by atoms with Gasteiger partial charge in [0.05, 0.1) is 11.6 Å². The molecule has 0 bridgehead atoms. The predicted molar refractivity (Wildman–Crippen MR) is 107 cm³/mol. The number of benzene rings is 1. The van der Waals surface area contributed by atoms with Crippen molar-refractivity contribution in [3.05, 3.63) is 34.6 Å². The van der Waals surface area contributed by atoms with Gasteiger partial charge in [-0.2, -0.15) is 0 Å². The minimum absolute atomic E-state index is 0.342. The van der Waals surface area contributed by atoms with Crippen molar-refractivity contribution >= 4 is 51.9 Å². The molecule has 0 spiro atoms. The molecule has 0 radical (unpaired) electrons. The van der Waals surface area contributed by atoms with Gasteiger partial charge in [0.2, 0.25) is 0 Å². The summed E-state index contributed by atoms with van der Waals surface area (Å²) in [7, 11) is 1.96. The van der Waals surface area contributed by atoms with Gasteiger partial charge >= 0.3 is 0 Å². The first-order valence-electron chi connectivity index (χ1n) is 7.71. The zero-order valence-electron chi connectivity index (χ0n) is 14.0. The molecule has 0 atom stereocenters. The maximum Gasteiger partial charge on any atom is 0.175 e. The van der Waals surface area contributed by atoms with Crippen molar-refractivity contribution in [2.24, 2.45) is 0 Å². The van der Waals surface area contributed by atoms with Gasteiger partial charge in [0, 0.05) is 23.0 Å². The molecule has 0 fully saturated rings. The topological polar surface area (TPSA) is 72.9 Å². The molecule has 2 N–H and O–H groups in total. The van der Waals surface area contributed by atoms with E-state index in [-0.39, 0.29) is 0 Å². The number of aromatic nitrogens is 4. The van der Waals surface area contributed by atoms with E-state index in [1.165, 1.54) is 18.1 Å². The first-order valence-corrected chi connectivity index (χ1v) is 9.28. The van der Waals surface area contributed by atoms with Crippen LogP contribution in [-0.2, 0) is 6.54 Å². The third-order valence-electron chi connectivity index (χ3n) is 3.69. The molecular weight excluding hydrogens is 391 g/mol. The number of nitrogens with two attached hydrogens (primary N) is 1. The van der Waals surface area contributed by atoms with Crippen molar-refractivity contribution in [1.29, 1.82) is 0 Å². The zero-order chi connectivity index (χ0) is 18.7. The summed E-state index contributed by atoms with van der Waals surface area (Å²) >= 11 is 13.7. The minimum atomic E-state index is 0.342. The van der Waals surface area contributed by atoms with E-state index in [0.717, 1.165) is 16.6 Å². The number of terminal acetylenes is 1.